The molecule has 0 aliphatic rings. The molecule has 0 unspecified atom stereocenters. The number of carboxylic acid groups (broad SMARTS) is 1. The maximum Gasteiger partial charge on any atom is 0.335 e. The van der Waals surface area contributed by atoms with E-state index >= 15 is 0 Å². The van der Waals surface area contributed by atoms with Crippen LogP contribution in [0.2, 0.25) is 0 Å². The molecule has 0 saturated carbocycles. The molecule has 0 saturated heterocycles. The van der Waals surface area contributed by atoms with E-state index < -0.39 is 11.4 Å². The molecule has 1 aromatic rings. The van der Waals surface area contributed by atoms with Crippen LogP contribution in [0.25, 0.3) is 0 Å². The van der Waals surface area contributed by atoms with Crippen LogP contribution >= 0.6 is 11.8 Å². The Bertz CT molecular complexity index is 564. The van der Waals surface area contributed by atoms with Crippen LogP contribution in [0.15, 0.2) is 23.1 Å². The first-order valence-electron chi connectivity index (χ1n) is 7.54. The minimum atomic E-state index is -0.960. The van der Waals surface area contributed by atoms with Gasteiger partial charge in [0.25, 0.3) is 0 Å². The number of benzene rings is 1. The van der Waals surface area contributed by atoms with E-state index in [1.807, 2.05) is 40.7 Å². The number of hydrogen-bond acceptors (Lipinski definition) is 5. The highest BCUT2D eigenvalue weighted by Crippen LogP contribution is 2.25. The number of thioether (sulfide) groups is 1. The molecule has 0 spiro atoms. The zero-order valence-corrected chi connectivity index (χ0v) is 15.1. The molecule has 0 aromatic heterocycles. The number of carbonyl (C=O) groups excluding carboxylic acids is 1. The number of carbonyl (C=O) groups is 2. The van der Waals surface area contributed by atoms with Crippen molar-refractivity contribution in [1.29, 1.82) is 0 Å². The van der Waals surface area contributed by atoms with Crippen LogP contribution in [-0.2, 0) is 9.53 Å². The third kappa shape index (κ3) is 6.95. The maximum atomic E-state index is 11.7. The highest BCUT2D eigenvalue weighted by Gasteiger charge is 2.22. The summed E-state index contributed by atoms with van der Waals surface area (Å²) in [4.78, 5) is 23.7. The van der Waals surface area contributed by atoms with Gasteiger partial charge in [-0.3, -0.25) is 4.79 Å². The highest BCUT2D eigenvalue weighted by molar-refractivity contribution is 7.99. The molecule has 0 amide bonds. The SMILES string of the molecule is CC(C)Nc1cc(SCCOC(=O)C(C)(C)C)cc(C(=O)O)c1. The van der Waals surface area contributed by atoms with Crippen molar-refractivity contribution in [1.82, 2.24) is 0 Å². The Labute approximate surface area is 141 Å². The van der Waals surface area contributed by atoms with Crippen LogP contribution in [0.1, 0.15) is 45.0 Å². The van der Waals surface area contributed by atoms with Crippen LogP contribution in [0, 0.1) is 5.41 Å². The lowest BCUT2D eigenvalue weighted by atomic mass is 9.97. The highest BCUT2D eigenvalue weighted by atomic mass is 32.2. The number of rotatable bonds is 7. The predicted molar refractivity (Wildman–Crippen MR) is 93.3 cm³/mol. The van der Waals surface area contributed by atoms with Crippen molar-refractivity contribution in [2.75, 3.05) is 17.7 Å². The summed E-state index contributed by atoms with van der Waals surface area (Å²) >= 11 is 1.47. The molecule has 128 valence electrons. The van der Waals surface area contributed by atoms with Gasteiger partial charge in [-0.1, -0.05) is 0 Å². The van der Waals surface area contributed by atoms with Gasteiger partial charge in [-0.05, 0) is 52.8 Å². The van der Waals surface area contributed by atoms with Crippen LogP contribution in [-0.4, -0.2) is 35.4 Å². The molecular formula is C17H25NO4S. The van der Waals surface area contributed by atoms with Gasteiger partial charge >= 0.3 is 11.9 Å². The van der Waals surface area contributed by atoms with Gasteiger partial charge in [-0.15, -0.1) is 11.8 Å². The zero-order valence-electron chi connectivity index (χ0n) is 14.3. The summed E-state index contributed by atoms with van der Waals surface area (Å²) in [5.41, 5.74) is 0.501. The largest absolute Gasteiger partial charge is 0.478 e. The number of esters is 1. The first kappa shape index (κ1) is 19.4. The van der Waals surface area contributed by atoms with E-state index in [0.717, 1.165) is 10.6 Å². The lowest BCUT2D eigenvalue weighted by Gasteiger charge is -2.16. The average Bonchev–Trinajstić information content (AvgIpc) is 2.41. The van der Waals surface area contributed by atoms with Gasteiger partial charge in [-0.25, -0.2) is 4.79 Å². The van der Waals surface area contributed by atoms with Crippen molar-refractivity contribution in [2.24, 2.45) is 5.41 Å². The lowest BCUT2D eigenvalue weighted by Crippen LogP contribution is -2.23. The number of carboxylic acids is 1. The molecule has 0 radical (unpaired) electrons. The molecule has 0 aliphatic carbocycles. The minimum absolute atomic E-state index is 0.213. The molecule has 0 heterocycles. The second kappa shape index (κ2) is 8.24. The topological polar surface area (TPSA) is 75.6 Å². The molecule has 0 atom stereocenters. The molecule has 1 rings (SSSR count). The molecule has 23 heavy (non-hydrogen) atoms. The van der Waals surface area contributed by atoms with E-state index in [1.165, 1.54) is 11.8 Å². The summed E-state index contributed by atoms with van der Waals surface area (Å²) in [6.07, 6.45) is 0. The van der Waals surface area contributed by atoms with E-state index in [2.05, 4.69) is 5.32 Å². The summed E-state index contributed by atoms with van der Waals surface area (Å²) in [7, 11) is 0. The van der Waals surface area contributed by atoms with E-state index in [1.54, 1.807) is 12.1 Å². The Kier molecular flexibility index (Phi) is 6.94. The summed E-state index contributed by atoms with van der Waals surface area (Å²) in [5, 5.41) is 12.4. The molecule has 6 heteroatoms. The third-order valence-electron chi connectivity index (χ3n) is 2.81. The summed E-state index contributed by atoms with van der Waals surface area (Å²) in [5.74, 6) is -0.621. The minimum Gasteiger partial charge on any atom is -0.478 e. The lowest BCUT2D eigenvalue weighted by molar-refractivity contribution is -0.152. The van der Waals surface area contributed by atoms with Crippen LogP contribution in [0.3, 0.4) is 0 Å². The molecule has 1 aromatic carbocycles. The molecule has 0 fully saturated rings. The Morgan fingerprint density at radius 3 is 2.43 bits per heavy atom. The maximum absolute atomic E-state index is 11.7. The van der Waals surface area contributed by atoms with Crippen molar-refractivity contribution in [3.8, 4) is 0 Å². The molecular weight excluding hydrogens is 314 g/mol. The first-order chi connectivity index (χ1) is 10.6. The van der Waals surface area contributed by atoms with Gasteiger partial charge < -0.3 is 15.2 Å². The molecule has 0 aliphatic heterocycles. The smallest absolute Gasteiger partial charge is 0.335 e. The van der Waals surface area contributed by atoms with Crippen LogP contribution in [0.5, 0.6) is 0 Å². The third-order valence-corrected chi connectivity index (χ3v) is 3.75. The van der Waals surface area contributed by atoms with Gasteiger partial charge in [0.05, 0.1) is 11.0 Å². The van der Waals surface area contributed by atoms with E-state index in [9.17, 15) is 14.7 Å². The first-order valence-corrected chi connectivity index (χ1v) is 8.53. The van der Waals surface area contributed by atoms with E-state index in [4.69, 9.17) is 4.74 Å². The fraction of sp³-hybridized carbons (Fsp3) is 0.529. The monoisotopic (exact) mass is 339 g/mol. The zero-order chi connectivity index (χ0) is 17.6. The number of anilines is 1. The van der Waals surface area contributed by atoms with Gasteiger partial charge in [0, 0.05) is 22.4 Å². The quantitative estimate of drug-likeness (QED) is 0.446. The molecule has 0 bridgehead atoms. The van der Waals surface area contributed by atoms with Crippen LogP contribution in [0.4, 0.5) is 5.69 Å². The standard InChI is InChI=1S/C17H25NO4S/c1-11(2)18-13-8-12(15(19)20)9-14(10-13)23-7-6-22-16(21)17(3,4)5/h8-11,18H,6-7H2,1-5H3,(H,19,20). The Morgan fingerprint density at radius 2 is 1.91 bits per heavy atom. The van der Waals surface area contributed by atoms with E-state index in [0.29, 0.717) is 12.4 Å². The Balaban J connectivity index is 2.67. The van der Waals surface area contributed by atoms with Crippen molar-refractivity contribution in [3.05, 3.63) is 23.8 Å². The second-order valence-corrected chi connectivity index (χ2v) is 7.75. The van der Waals surface area contributed by atoms with Crippen molar-refractivity contribution in [3.63, 3.8) is 0 Å². The van der Waals surface area contributed by atoms with Gasteiger partial charge in [0.15, 0.2) is 0 Å². The van der Waals surface area contributed by atoms with Crippen LogP contribution < -0.4 is 5.32 Å². The van der Waals surface area contributed by atoms with Gasteiger partial charge in [0.2, 0.25) is 0 Å². The number of ether oxygens (including phenoxy) is 1. The predicted octanol–water partition coefficient (Wildman–Crippen LogP) is 3.89. The second-order valence-electron chi connectivity index (χ2n) is 6.58. The average molecular weight is 339 g/mol. The fourth-order valence-corrected chi connectivity index (χ4v) is 2.56. The Morgan fingerprint density at radius 1 is 1.26 bits per heavy atom. The van der Waals surface area contributed by atoms with Crippen molar-refractivity contribution < 1.29 is 19.4 Å². The van der Waals surface area contributed by atoms with Gasteiger partial charge in [-0.2, -0.15) is 0 Å². The summed E-state index contributed by atoms with van der Waals surface area (Å²) in [6, 6.07) is 5.36. The van der Waals surface area contributed by atoms with Gasteiger partial charge in [0.1, 0.15) is 6.61 Å². The number of hydrogen-bond donors (Lipinski definition) is 2. The van der Waals surface area contributed by atoms with Crippen molar-refractivity contribution in [2.45, 2.75) is 45.6 Å². The molecule has 2 N–H and O–H groups in total. The number of aromatic carboxylic acids is 1. The normalized spacial score (nSPS) is 11.4. The molecule has 5 nitrogen and oxygen atoms in total. The summed E-state index contributed by atoms with van der Waals surface area (Å²) < 4.78 is 5.21. The summed E-state index contributed by atoms with van der Waals surface area (Å²) in [6.45, 7) is 9.71. The number of nitrogens with one attached hydrogen (secondary N) is 1. The Hall–Kier alpha value is -1.69. The van der Waals surface area contributed by atoms with Crippen molar-refractivity contribution >= 4 is 29.4 Å². The van der Waals surface area contributed by atoms with E-state index in [-0.39, 0.29) is 17.6 Å². The fourth-order valence-electron chi connectivity index (χ4n) is 1.73.